The summed E-state index contributed by atoms with van der Waals surface area (Å²) in [4.78, 5) is 18.4. The maximum absolute atomic E-state index is 9.36. The second kappa shape index (κ2) is 6.19. The van der Waals surface area contributed by atoms with Gasteiger partial charge in [0.2, 0.25) is 0 Å². The highest BCUT2D eigenvalue weighted by Crippen LogP contribution is 2.39. The van der Waals surface area contributed by atoms with Crippen LogP contribution in [0.5, 0.6) is 0 Å². The first kappa shape index (κ1) is 16.2. The lowest BCUT2D eigenvalue weighted by atomic mass is 9.86. The predicted molar refractivity (Wildman–Crippen MR) is 99.1 cm³/mol. The molecule has 2 aromatic heterocycles. The van der Waals surface area contributed by atoms with Gasteiger partial charge in [0.05, 0.1) is 17.6 Å². The van der Waals surface area contributed by atoms with E-state index in [2.05, 4.69) is 32.8 Å². The molecule has 25 heavy (non-hydrogen) atoms. The Bertz CT molecular complexity index is 849. The average molecular weight is 352 g/mol. The van der Waals surface area contributed by atoms with Gasteiger partial charge in [0, 0.05) is 30.5 Å². The first-order valence-electron chi connectivity index (χ1n) is 8.40. The van der Waals surface area contributed by atoms with Crippen LogP contribution in [-0.2, 0) is 0 Å². The molecule has 3 aliphatic rings. The third-order valence-electron chi connectivity index (χ3n) is 5.17. The number of aromatic nitrogens is 3. The molecule has 5 rings (SSSR count). The lowest BCUT2D eigenvalue weighted by Crippen LogP contribution is -2.69. The van der Waals surface area contributed by atoms with Crippen molar-refractivity contribution in [3.05, 3.63) is 35.2 Å². The van der Waals surface area contributed by atoms with Gasteiger partial charge in [-0.25, -0.2) is 15.0 Å². The monoisotopic (exact) mass is 352 g/mol. The van der Waals surface area contributed by atoms with E-state index in [1.165, 1.54) is 0 Å². The summed E-state index contributed by atoms with van der Waals surface area (Å²) in [6.45, 7) is 5.95. The minimum Gasteiger partial charge on any atom is -0.352 e. The van der Waals surface area contributed by atoms with Crippen LogP contribution in [0.15, 0.2) is 23.5 Å². The maximum Gasteiger partial charge on any atom is 0.189 e. The van der Waals surface area contributed by atoms with Crippen molar-refractivity contribution < 1.29 is 0 Å². The molecule has 0 radical (unpaired) electrons. The molecule has 0 amide bonds. The van der Waals surface area contributed by atoms with Crippen LogP contribution in [0, 0.1) is 25.2 Å². The molecule has 3 saturated heterocycles. The predicted octanol–water partition coefficient (Wildman–Crippen LogP) is 2.55. The van der Waals surface area contributed by atoms with Crippen molar-refractivity contribution in [3.8, 4) is 6.07 Å². The molecule has 2 unspecified atom stereocenters. The Labute approximate surface area is 151 Å². The van der Waals surface area contributed by atoms with E-state index >= 15 is 0 Å². The Balaban J connectivity index is 1.60. The average Bonchev–Trinajstić information content (AvgIpc) is 2.64. The SMILES string of the molecule is CSc1nc(C)c(C)c(N2CC3CC(C2)N3c2ncccc2C#N)n1. The number of thioether (sulfide) groups is 1. The maximum atomic E-state index is 9.36. The van der Waals surface area contributed by atoms with Crippen LogP contribution < -0.4 is 9.80 Å². The van der Waals surface area contributed by atoms with Crippen LogP contribution in [0.4, 0.5) is 11.6 Å². The number of fused-ring (bicyclic) bond motifs is 2. The molecular formula is C18H20N6S. The Hall–Kier alpha value is -2.33. The van der Waals surface area contributed by atoms with Gasteiger partial charge in [-0.3, -0.25) is 0 Å². The molecule has 2 atom stereocenters. The summed E-state index contributed by atoms with van der Waals surface area (Å²) >= 11 is 1.58. The standard InChI is InChI=1S/C18H20N6S/c1-11-12(2)21-18(25-3)22-16(11)23-9-14-7-15(10-23)24(14)17-13(8-19)5-4-6-20-17/h4-6,14-15H,7,9-10H2,1-3H3. The minimum absolute atomic E-state index is 0.383. The number of nitriles is 1. The van der Waals surface area contributed by atoms with Gasteiger partial charge in [0.15, 0.2) is 5.16 Å². The molecule has 5 heterocycles. The minimum atomic E-state index is 0.383. The third kappa shape index (κ3) is 2.61. The third-order valence-corrected chi connectivity index (χ3v) is 5.72. The van der Waals surface area contributed by atoms with Gasteiger partial charge >= 0.3 is 0 Å². The number of pyridine rings is 1. The van der Waals surface area contributed by atoms with Crippen LogP contribution >= 0.6 is 11.8 Å². The van der Waals surface area contributed by atoms with Crippen LogP contribution in [0.2, 0.25) is 0 Å². The molecule has 6 nitrogen and oxygen atoms in total. The summed E-state index contributed by atoms with van der Waals surface area (Å²) in [5, 5.41) is 10.2. The number of piperazine rings is 1. The normalized spacial score (nSPS) is 21.7. The fourth-order valence-electron chi connectivity index (χ4n) is 3.81. The lowest BCUT2D eigenvalue weighted by Gasteiger charge is -2.57. The molecule has 3 aliphatic heterocycles. The van der Waals surface area contributed by atoms with E-state index in [0.717, 1.165) is 47.6 Å². The largest absolute Gasteiger partial charge is 0.352 e. The van der Waals surface area contributed by atoms with Gasteiger partial charge in [-0.1, -0.05) is 11.8 Å². The first-order chi connectivity index (χ1) is 12.1. The zero-order chi connectivity index (χ0) is 17.6. The number of hydrogen-bond donors (Lipinski definition) is 0. The summed E-state index contributed by atoms with van der Waals surface area (Å²) in [7, 11) is 0. The van der Waals surface area contributed by atoms with Gasteiger partial charge in [-0.2, -0.15) is 5.26 Å². The molecule has 2 bridgehead atoms. The van der Waals surface area contributed by atoms with Gasteiger partial charge in [-0.15, -0.1) is 0 Å². The topological polar surface area (TPSA) is 68.9 Å². The van der Waals surface area contributed by atoms with Gasteiger partial charge in [0.1, 0.15) is 17.7 Å². The van der Waals surface area contributed by atoms with Crippen molar-refractivity contribution in [1.82, 2.24) is 15.0 Å². The van der Waals surface area contributed by atoms with Crippen molar-refractivity contribution >= 4 is 23.4 Å². The van der Waals surface area contributed by atoms with Crippen LogP contribution in [0.3, 0.4) is 0 Å². The zero-order valence-electron chi connectivity index (χ0n) is 14.6. The van der Waals surface area contributed by atoms with E-state index in [-0.39, 0.29) is 0 Å². The fourth-order valence-corrected chi connectivity index (χ4v) is 4.21. The number of rotatable bonds is 3. The van der Waals surface area contributed by atoms with E-state index in [9.17, 15) is 5.26 Å². The van der Waals surface area contributed by atoms with Crippen molar-refractivity contribution in [1.29, 1.82) is 5.26 Å². The smallest absolute Gasteiger partial charge is 0.189 e. The second-order valence-electron chi connectivity index (χ2n) is 6.59. The Kier molecular flexibility index (Phi) is 4.00. The zero-order valence-corrected chi connectivity index (χ0v) is 15.4. The van der Waals surface area contributed by atoms with Crippen molar-refractivity contribution in [2.24, 2.45) is 0 Å². The van der Waals surface area contributed by atoms with Gasteiger partial charge in [0.25, 0.3) is 0 Å². The molecule has 3 fully saturated rings. The summed E-state index contributed by atoms with van der Waals surface area (Å²) < 4.78 is 0. The van der Waals surface area contributed by atoms with Crippen molar-refractivity contribution in [3.63, 3.8) is 0 Å². The summed E-state index contributed by atoms with van der Waals surface area (Å²) in [6.07, 6.45) is 4.93. The number of piperidine rings is 1. The van der Waals surface area contributed by atoms with Crippen molar-refractivity contribution in [2.45, 2.75) is 37.5 Å². The summed E-state index contributed by atoms with van der Waals surface area (Å²) in [5.74, 6) is 1.87. The molecule has 7 heteroatoms. The summed E-state index contributed by atoms with van der Waals surface area (Å²) in [6, 6.07) is 6.70. The molecule has 128 valence electrons. The van der Waals surface area contributed by atoms with E-state index in [1.807, 2.05) is 25.3 Å². The van der Waals surface area contributed by atoms with E-state index < -0.39 is 0 Å². The Morgan fingerprint density at radius 3 is 2.64 bits per heavy atom. The number of nitrogens with zero attached hydrogens (tertiary/aromatic N) is 6. The molecule has 0 spiro atoms. The Morgan fingerprint density at radius 2 is 1.96 bits per heavy atom. The van der Waals surface area contributed by atoms with Gasteiger partial charge in [-0.05, 0) is 38.7 Å². The highest BCUT2D eigenvalue weighted by molar-refractivity contribution is 7.98. The number of aryl methyl sites for hydroxylation is 1. The lowest BCUT2D eigenvalue weighted by molar-refractivity contribution is 0.287. The van der Waals surface area contributed by atoms with Crippen LogP contribution in [0.1, 0.15) is 23.2 Å². The quantitative estimate of drug-likeness (QED) is 0.621. The molecule has 0 saturated carbocycles. The molecule has 0 aliphatic carbocycles. The van der Waals surface area contributed by atoms with Crippen molar-refractivity contribution in [2.75, 3.05) is 29.1 Å². The van der Waals surface area contributed by atoms with Crippen LogP contribution in [0.25, 0.3) is 0 Å². The fraction of sp³-hybridized carbons (Fsp3) is 0.444. The van der Waals surface area contributed by atoms with Crippen LogP contribution in [-0.4, -0.2) is 46.4 Å². The first-order valence-corrected chi connectivity index (χ1v) is 9.62. The Morgan fingerprint density at radius 1 is 1.20 bits per heavy atom. The van der Waals surface area contributed by atoms with Gasteiger partial charge < -0.3 is 9.80 Å². The highest BCUT2D eigenvalue weighted by Gasteiger charge is 2.46. The second-order valence-corrected chi connectivity index (χ2v) is 7.36. The molecular weight excluding hydrogens is 332 g/mol. The van der Waals surface area contributed by atoms with E-state index in [4.69, 9.17) is 4.98 Å². The number of hydrogen-bond acceptors (Lipinski definition) is 7. The molecule has 0 N–H and O–H groups in total. The highest BCUT2D eigenvalue weighted by atomic mass is 32.2. The van der Waals surface area contributed by atoms with E-state index in [0.29, 0.717) is 17.6 Å². The molecule has 2 aromatic rings. The summed E-state index contributed by atoms with van der Waals surface area (Å²) in [5.41, 5.74) is 2.85. The molecule has 0 aromatic carbocycles. The number of anilines is 2. The van der Waals surface area contributed by atoms with E-state index in [1.54, 1.807) is 18.0 Å².